The second kappa shape index (κ2) is 8.79. The first kappa shape index (κ1) is 21.5. The highest BCUT2D eigenvalue weighted by atomic mass is 35.5. The number of halogens is 1. The predicted octanol–water partition coefficient (Wildman–Crippen LogP) is 4.30. The monoisotopic (exact) mass is 442 g/mol. The molecule has 6 nitrogen and oxygen atoms in total. The van der Waals surface area contributed by atoms with Crippen LogP contribution in [0, 0.1) is 18.3 Å². The summed E-state index contributed by atoms with van der Waals surface area (Å²) in [5.74, 6) is 1.26. The lowest BCUT2D eigenvalue weighted by atomic mass is 9.90. The Labute approximate surface area is 187 Å². The van der Waals surface area contributed by atoms with E-state index in [4.69, 9.17) is 21.1 Å². The van der Waals surface area contributed by atoms with E-state index in [0.717, 1.165) is 24.8 Å². The number of nitrogens with zero attached hydrogens (tertiary/aromatic N) is 1. The molecular formula is C24H27ClN2O4. The molecule has 1 atom stereocenters. The van der Waals surface area contributed by atoms with Crippen LogP contribution in [0.2, 0.25) is 5.02 Å². The van der Waals surface area contributed by atoms with Gasteiger partial charge in [-0.1, -0.05) is 29.3 Å². The maximum Gasteiger partial charge on any atom is 0.260 e. The number of amides is 2. The molecule has 1 unspecified atom stereocenters. The smallest absolute Gasteiger partial charge is 0.260 e. The third-order valence-corrected chi connectivity index (χ3v) is 6.72. The Kier molecular flexibility index (Phi) is 6.10. The van der Waals surface area contributed by atoms with Gasteiger partial charge in [-0.2, -0.15) is 0 Å². The fraction of sp³-hybridized carbons (Fsp3) is 0.417. The van der Waals surface area contributed by atoms with Crippen molar-refractivity contribution >= 4 is 29.1 Å². The molecule has 0 aromatic heterocycles. The minimum absolute atomic E-state index is 0.00887. The number of likely N-dealkylation sites (tertiary alicyclic amines) is 1. The summed E-state index contributed by atoms with van der Waals surface area (Å²) in [7, 11) is 1.55. The number of hydrogen-bond acceptors (Lipinski definition) is 4. The molecule has 2 aromatic carbocycles. The normalized spacial score (nSPS) is 19.1. The Bertz CT molecular complexity index is 968. The molecule has 7 heteroatoms. The number of carbonyl (C=O) groups is 2. The fourth-order valence-corrected chi connectivity index (χ4v) is 4.57. The zero-order chi connectivity index (χ0) is 22.0. The third-order valence-electron chi connectivity index (χ3n) is 6.42. The largest absolute Gasteiger partial charge is 0.495 e. The van der Waals surface area contributed by atoms with Crippen molar-refractivity contribution in [3.8, 4) is 11.5 Å². The van der Waals surface area contributed by atoms with E-state index in [1.165, 1.54) is 0 Å². The molecule has 2 amide bonds. The van der Waals surface area contributed by atoms with Crippen molar-refractivity contribution in [3.63, 3.8) is 0 Å². The molecule has 0 bridgehead atoms. The van der Waals surface area contributed by atoms with Crippen LogP contribution >= 0.6 is 11.6 Å². The minimum atomic E-state index is -0.0190. The van der Waals surface area contributed by atoms with Gasteiger partial charge in [0.15, 0.2) is 6.61 Å². The molecule has 1 heterocycles. The second-order valence-corrected chi connectivity index (χ2v) is 8.85. The Balaban J connectivity index is 1.25. The van der Waals surface area contributed by atoms with Gasteiger partial charge in [-0.25, -0.2) is 0 Å². The standard InChI is InChI=1S/C24H27ClN2O4/c1-16-3-6-18(7-4-16)31-15-22(28)27-11-9-24(10-12-27)14-19(24)23(29)26-17-5-8-21(30-2)20(25)13-17/h3-8,13,19H,9-12,14-15H2,1-2H3,(H,26,29). The molecule has 2 aliphatic rings. The summed E-state index contributed by atoms with van der Waals surface area (Å²) >= 11 is 6.14. The van der Waals surface area contributed by atoms with E-state index in [-0.39, 0.29) is 29.8 Å². The van der Waals surface area contributed by atoms with Crippen LogP contribution in [-0.2, 0) is 9.59 Å². The number of anilines is 1. The first-order valence-electron chi connectivity index (χ1n) is 10.5. The van der Waals surface area contributed by atoms with Crippen molar-refractivity contribution < 1.29 is 19.1 Å². The SMILES string of the molecule is COc1ccc(NC(=O)C2CC23CCN(C(=O)COc2ccc(C)cc2)CC3)cc1Cl. The van der Waals surface area contributed by atoms with Crippen molar-refractivity contribution in [1.29, 1.82) is 0 Å². The number of hydrogen-bond donors (Lipinski definition) is 1. The second-order valence-electron chi connectivity index (χ2n) is 8.44. The third kappa shape index (κ3) is 4.79. The van der Waals surface area contributed by atoms with Crippen molar-refractivity contribution in [2.75, 3.05) is 32.1 Å². The lowest BCUT2D eigenvalue weighted by Gasteiger charge is -2.32. The number of methoxy groups -OCH3 is 1. The Morgan fingerprint density at radius 1 is 1.16 bits per heavy atom. The maximum absolute atomic E-state index is 12.7. The van der Waals surface area contributed by atoms with Crippen LogP contribution < -0.4 is 14.8 Å². The van der Waals surface area contributed by atoms with E-state index in [2.05, 4.69) is 5.32 Å². The molecule has 0 radical (unpaired) electrons. The average Bonchev–Trinajstić information content (AvgIpc) is 3.47. The van der Waals surface area contributed by atoms with Crippen LogP contribution in [0.4, 0.5) is 5.69 Å². The molecule has 4 rings (SSSR count). The van der Waals surface area contributed by atoms with Crippen molar-refractivity contribution in [1.82, 2.24) is 4.90 Å². The van der Waals surface area contributed by atoms with Gasteiger partial charge in [0, 0.05) is 24.7 Å². The first-order valence-corrected chi connectivity index (χ1v) is 10.9. The van der Waals surface area contributed by atoms with Gasteiger partial charge in [0.2, 0.25) is 5.91 Å². The molecule has 2 aromatic rings. The van der Waals surface area contributed by atoms with E-state index < -0.39 is 0 Å². The highest BCUT2D eigenvalue weighted by molar-refractivity contribution is 6.32. The van der Waals surface area contributed by atoms with Crippen molar-refractivity contribution in [2.45, 2.75) is 26.2 Å². The molecule has 1 aliphatic carbocycles. The molecule has 1 aliphatic heterocycles. The Morgan fingerprint density at radius 2 is 1.87 bits per heavy atom. The van der Waals surface area contributed by atoms with Crippen LogP contribution in [0.3, 0.4) is 0 Å². The predicted molar refractivity (Wildman–Crippen MR) is 120 cm³/mol. The first-order chi connectivity index (χ1) is 14.9. The van der Waals surface area contributed by atoms with Gasteiger partial charge < -0.3 is 19.7 Å². The van der Waals surface area contributed by atoms with Crippen LogP contribution in [0.1, 0.15) is 24.8 Å². The van der Waals surface area contributed by atoms with Crippen LogP contribution in [0.5, 0.6) is 11.5 Å². The molecule has 1 N–H and O–H groups in total. The van der Waals surface area contributed by atoms with Gasteiger partial charge in [-0.05, 0) is 61.9 Å². The molecule has 31 heavy (non-hydrogen) atoms. The zero-order valence-electron chi connectivity index (χ0n) is 17.8. The van der Waals surface area contributed by atoms with Gasteiger partial charge in [0.1, 0.15) is 11.5 Å². The van der Waals surface area contributed by atoms with Gasteiger partial charge in [0.05, 0.1) is 12.1 Å². The highest BCUT2D eigenvalue weighted by Gasteiger charge is 2.58. The Morgan fingerprint density at radius 3 is 2.52 bits per heavy atom. The fourth-order valence-electron chi connectivity index (χ4n) is 4.32. The van der Waals surface area contributed by atoms with Crippen molar-refractivity contribution in [2.24, 2.45) is 11.3 Å². The van der Waals surface area contributed by atoms with Gasteiger partial charge >= 0.3 is 0 Å². The number of nitrogens with one attached hydrogen (secondary N) is 1. The van der Waals surface area contributed by atoms with Gasteiger partial charge in [-0.3, -0.25) is 9.59 Å². The molecule has 1 saturated carbocycles. The molecule has 164 valence electrons. The number of benzene rings is 2. The summed E-state index contributed by atoms with van der Waals surface area (Å²) in [5.41, 5.74) is 1.83. The van der Waals surface area contributed by atoms with Gasteiger partial charge in [-0.15, -0.1) is 0 Å². The summed E-state index contributed by atoms with van der Waals surface area (Å²) in [6.07, 6.45) is 2.54. The summed E-state index contributed by atoms with van der Waals surface area (Å²) < 4.78 is 10.8. The quantitative estimate of drug-likeness (QED) is 0.724. The van der Waals surface area contributed by atoms with E-state index in [0.29, 0.717) is 35.3 Å². The molecular weight excluding hydrogens is 416 g/mol. The molecule has 1 spiro atoms. The van der Waals surface area contributed by atoms with E-state index in [9.17, 15) is 9.59 Å². The maximum atomic E-state index is 12.7. The lowest BCUT2D eigenvalue weighted by molar-refractivity contribution is -0.135. The zero-order valence-corrected chi connectivity index (χ0v) is 18.6. The summed E-state index contributed by atoms with van der Waals surface area (Å²) in [6, 6.07) is 12.9. The van der Waals surface area contributed by atoms with E-state index >= 15 is 0 Å². The van der Waals surface area contributed by atoms with Crippen LogP contribution in [0.15, 0.2) is 42.5 Å². The van der Waals surface area contributed by atoms with E-state index in [1.54, 1.807) is 25.3 Å². The lowest BCUT2D eigenvalue weighted by Crippen LogP contribution is -2.42. The number of aryl methyl sites for hydroxylation is 1. The van der Waals surface area contributed by atoms with Gasteiger partial charge in [0.25, 0.3) is 5.91 Å². The van der Waals surface area contributed by atoms with Crippen molar-refractivity contribution in [3.05, 3.63) is 53.1 Å². The summed E-state index contributed by atoms with van der Waals surface area (Å²) in [6.45, 7) is 3.37. The average molecular weight is 443 g/mol. The van der Waals surface area contributed by atoms with Crippen LogP contribution in [-0.4, -0.2) is 43.5 Å². The summed E-state index contributed by atoms with van der Waals surface area (Å²) in [5, 5.41) is 3.43. The topological polar surface area (TPSA) is 67.9 Å². The Hall–Kier alpha value is -2.73. The molecule has 2 fully saturated rings. The number of carbonyl (C=O) groups excluding carboxylic acids is 2. The number of piperidine rings is 1. The highest BCUT2D eigenvalue weighted by Crippen LogP contribution is 2.59. The van der Waals surface area contributed by atoms with E-state index in [1.807, 2.05) is 36.1 Å². The number of ether oxygens (including phenoxy) is 2. The van der Waals surface area contributed by atoms with Crippen LogP contribution in [0.25, 0.3) is 0 Å². The molecule has 1 saturated heterocycles. The number of rotatable bonds is 6. The summed E-state index contributed by atoms with van der Waals surface area (Å²) in [4.78, 5) is 27.1. The minimum Gasteiger partial charge on any atom is -0.495 e.